The third-order valence-electron chi connectivity index (χ3n) is 8.15. The van der Waals surface area contributed by atoms with Crippen LogP contribution in [0.2, 0.25) is 0 Å². The lowest BCUT2D eigenvalue weighted by molar-refractivity contribution is -0.139. The van der Waals surface area contributed by atoms with E-state index in [9.17, 15) is 24.0 Å². The molecule has 4 N–H and O–H groups in total. The van der Waals surface area contributed by atoms with Gasteiger partial charge in [-0.3, -0.25) is 24.0 Å². The van der Waals surface area contributed by atoms with E-state index in [-0.39, 0.29) is 30.4 Å². The highest BCUT2D eigenvalue weighted by atomic mass is 16.5. The SMILES string of the molecule is CC(C)C[C@H]1NC(=O)C[C@@H](C(=O)NCCCc2ccccc2)NC(=O)c2ccccc2OC[C@@H](Cc2ccccc2)NC(=O)CN(C)C1=O. The molecule has 1 aliphatic rings. The second-order valence-electron chi connectivity index (χ2n) is 12.8. The molecule has 5 amide bonds. The first-order valence-electron chi connectivity index (χ1n) is 16.8. The predicted molar refractivity (Wildman–Crippen MR) is 187 cm³/mol. The number of rotatable bonds is 9. The van der Waals surface area contributed by atoms with Gasteiger partial charge in [0.2, 0.25) is 23.6 Å². The highest BCUT2D eigenvalue weighted by Crippen LogP contribution is 2.19. The third kappa shape index (κ3) is 11.8. The number of hydrogen-bond donors (Lipinski definition) is 4. The Morgan fingerprint density at radius 1 is 0.857 bits per heavy atom. The van der Waals surface area contributed by atoms with Crippen molar-refractivity contribution >= 4 is 29.5 Å². The van der Waals surface area contributed by atoms with Crippen LogP contribution in [0.25, 0.3) is 0 Å². The normalized spacial score (nSPS) is 19.5. The zero-order valence-corrected chi connectivity index (χ0v) is 28.4. The van der Waals surface area contributed by atoms with E-state index >= 15 is 0 Å². The molecule has 49 heavy (non-hydrogen) atoms. The van der Waals surface area contributed by atoms with Crippen LogP contribution in [-0.2, 0) is 32.0 Å². The maximum Gasteiger partial charge on any atom is 0.255 e. The fourth-order valence-corrected chi connectivity index (χ4v) is 5.70. The fourth-order valence-electron chi connectivity index (χ4n) is 5.70. The number of para-hydroxylation sites is 1. The smallest absolute Gasteiger partial charge is 0.255 e. The number of aryl methyl sites for hydroxylation is 1. The number of carbonyl (C=O) groups excluding carboxylic acids is 5. The zero-order valence-electron chi connectivity index (χ0n) is 28.4. The van der Waals surface area contributed by atoms with Crippen molar-refractivity contribution in [3.8, 4) is 5.75 Å². The lowest BCUT2D eigenvalue weighted by atomic mass is 10.0. The molecule has 0 bridgehead atoms. The van der Waals surface area contributed by atoms with Crippen LogP contribution >= 0.6 is 0 Å². The van der Waals surface area contributed by atoms with Gasteiger partial charge in [0.15, 0.2) is 0 Å². The molecule has 0 saturated heterocycles. The Kier molecular flexibility index (Phi) is 13.7. The molecular formula is C38H47N5O6. The van der Waals surface area contributed by atoms with Crippen molar-refractivity contribution in [1.29, 1.82) is 0 Å². The lowest BCUT2D eigenvalue weighted by Crippen LogP contribution is -2.53. The lowest BCUT2D eigenvalue weighted by Gasteiger charge is -2.27. The first kappa shape index (κ1) is 36.6. The van der Waals surface area contributed by atoms with Crippen molar-refractivity contribution in [1.82, 2.24) is 26.2 Å². The van der Waals surface area contributed by atoms with Crippen LogP contribution in [0.5, 0.6) is 5.75 Å². The molecule has 4 rings (SSSR count). The summed E-state index contributed by atoms with van der Waals surface area (Å²) in [6, 6.07) is 23.4. The number of hydrogen-bond acceptors (Lipinski definition) is 6. The van der Waals surface area contributed by atoms with Crippen LogP contribution in [0.3, 0.4) is 0 Å². The number of fused-ring (bicyclic) bond motifs is 1. The quantitative estimate of drug-likeness (QED) is 0.258. The average Bonchev–Trinajstić information content (AvgIpc) is 3.08. The van der Waals surface area contributed by atoms with Gasteiger partial charge < -0.3 is 30.9 Å². The van der Waals surface area contributed by atoms with E-state index in [4.69, 9.17) is 4.74 Å². The summed E-state index contributed by atoms with van der Waals surface area (Å²) >= 11 is 0. The van der Waals surface area contributed by atoms with Gasteiger partial charge in [-0.05, 0) is 54.9 Å². The molecule has 0 spiro atoms. The monoisotopic (exact) mass is 669 g/mol. The van der Waals surface area contributed by atoms with E-state index in [1.807, 2.05) is 74.5 Å². The highest BCUT2D eigenvalue weighted by Gasteiger charge is 2.31. The topological polar surface area (TPSA) is 146 Å². The first-order chi connectivity index (χ1) is 23.6. The van der Waals surface area contributed by atoms with Gasteiger partial charge in [0.05, 0.1) is 24.6 Å². The summed E-state index contributed by atoms with van der Waals surface area (Å²) in [6.07, 6.45) is 1.77. The fraction of sp³-hybridized carbons (Fsp3) is 0.395. The molecule has 0 aromatic heterocycles. The molecule has 3 atom stereocenters. The molecule has 260 valence electrons. The van der Waals surface area contributed by atoms with Crippen LogP contribution in [-0.4, -0.2) is 79.3 Å². The molecule has 1 aliphatic heterocycles. The van der Waals surface area contributed by atoms with Crippen LogP contribution in [0.1, 0.15) is 54.6 Å². The maximum absolute atomic E-state index is 13.7. The Hall–Kier alpha value is -5.19. The van der Waals surface area contributed by atoms with Crippen molar-refractivity contribution in [2.24, 2.45) is 5.92 Å². The van der Waals surface area contributed by atoms with Gasteiger partial charge in [-0.25, -0.2) is 0 Å². The zero-order chi connectivity index (χ0) is 35.2. The Labute approximate surface area is 288 Å². The summed E-state index contributed by atoms with van der Waals surface area (Å²) in [4.78, 5) is 68.6. The van der Waals surface area contributed by atoms with E-state index in [1.54, 1.807) is 24.3 Å². The van der Waals surface area contributed by atoms with E-state index in [0.717, 1.165) is 17.5 Å². The number of nitrogens with one attached hydrogen (secondary N) is 4. The molecule has 0 saturated carbocycles. The second kappa shape index (κ2) is 18.4. The molecule has 0 radical (unpaired) electrons. The van der Waals surface area contributed by atoms with Gasteiger partial charge in [-0.1, -0.05) is 86.6 Å². The molecular weight excluding hydrogens is 622 g/mol. The Morgan fingerprint density at radius 2 is 1.51 bits per heavy atom. The molecule has 3 aromatic rings. The van der Waals surface area contributed by atoms with E-state index in [0.29, 0.717) is 25.8 Å². The van der Waals surface area contributed by atoms with Gasteiger partial charge in [0.25, 0.3) is 5.91 Å². The summed E-state index contributed by atoms with van der Waals surface area (Å²) in [7, 11) is 1.51. The van der Waals surface area contributed by atoms with Gasteiger partial charge in [-0.2, -0.15) is 0 Å². The minimum Gasteiger partial charge on any atom is -0.491 e. The van der Waals surface area contributed by atoms with E-state index in [2.05, 4.69) is 21.3 Å². The standard InChI is InChI=1S/C38H47N5O6/c1-26(2)21-32-38(48)43(3)24-35(45)40-29(22-28-15-8-5-9-16-28)25-49-33-19-11-10-18-30(33)36(46)42-31(23-34(44)41-32)37(47)39-20-12-17-27-13-6-4-7-14-27/h4-11,13-16,18-19,26,29,31-32H,12,17,20-25H2,1-3H3,(H,39,47)(H,40,45)(H,41,44)(H,42,46)/t29-,31+,32-/m1/s1. The Morgan fingerprint density at radius 3 is 2.20 bits per heavy atom. The number of likely N-dealkylation sites (N-methyl/N-ethyl adjacent to an activating group) is 1. The summed E-state index contributed by atoms with van der Waals surface area (Å²) in [6.45, 7) is 3.98. The minimum absolute atomic E-state index is 0.0317. The summed E-state index contributed by atoms with van der Waals surface area (Å²) in [5.74, 6) is -2.24. The molecule has 0 unspecified atom stereocenters. The van der Waals surface area contributed by atoms with Crippen LogP contribution in [0.4, 0.5) is 0 Å². The van der Waals surface area contributed by atoms with Gasteiger partial charge in [0.1, 0.15) is 24.4 Å². The molecule has 1 heterocycles. The summed E-state index contributed by atoms with van der Waals surface area (Å²) in [5, 5.41) is 11.3. The molecule has 11 nitrogen and oxygen atoms in total. The molecule has 0 fully saturated rings. The van der Waals surface area contributed by atoms with Crippen molar-refractivity contribution < 1.29 is 28.7 Å². The van der Waals surface area contributed by atoms with Crippen LogP contribution in [0.15, 0.2) is 84.9 Å². The molecule has 11 heteroatoms. The molecule has 0 aliphatic carbocycles. The number of amides is 5. The van der Waals surface area contributed by atoms with Gasteiger partial charge >= 0.3 is 0 Å². The predicted octanol–water partition coefficient (Wildman–Crippen LogP) is 3.03. The number of benzene rings is 3. The van der Waals surface area contributed by atoms with E-state index in [1.165, 1.54) is 11.9 Å². The summed E-state index contributed by atoms with van der Waals surface area (Å²) in [5.41, 5.74) is 2.27. The second-order valence-corrected chi connectivity index (χ2v) is 12.8. The van der Waals surface area contributed by atoms with Crippen molar-refractivity contribution in [3.05, 3.63) is 102 Å². The minimum atomic E-state index is -1.23. The summed E-state index contributed by atoms with van der Waals surface area (Å²) < 4.78 is 6.13. The van der Waals surface area contributed by atoms with Crippen molar-refractivity contribution in [2.75, 3.05) is 26.7 Å². The highest BCUT2D eigenvalue weighted by molar-refractivity contribution is 6.01. The van der Waals surface area contributed by atoms with Crippen LogP contribution < -0.4 is 26.0 Å². The number of nitrogens with zero attached hydrogens (tertiary/aromatic N) is 1. The van der Waals surface area contributed by atoms with E-state index < -0.39 is 54.1 Å². The number of ether oxygens (including phenoxy) is 1. The third-order valence-corrected chi connectivity index (χ3v) is 8.15. The van der Waals surface area contributed by atoms with Gasteiger partial charge in [-0.15, -0.1) is 0 Å². The number of carbonyl (C=O) groups is 5. The van der Waals surface area contributed by atoms with Crippen molar-refractivity contribution in [2.45, 2.75) is 64.1 Å². The largest absolute Gasteiger partial charge is 0.491 e. The average molecular weight is 670 g/mol. The van der Waals surface area contributed by atoms with Crippen molar-refractivity contribution in [3.63, 3.8) is 0 Å². The Bertz CT molecular complexity index is 1570. The van der Waals surface area contributed by atoms with Crippen LogP contribution in [0, 0.1) is 5.92 Å². The maximum atomic E-state index is 13.7. The first-order valence-corrected chi connectivity index (χ1v) is 16.8. The Balaban J connectivity index is 1.59. The van der Waals surface area contributed by atoms with Gasteiger partial charge in [0, 0.05) is 13.6 Å². The molecule has 3 aromatic carbocycles.